The van der Waals surface area contributed by atoms with Crippen LogP contribution in [0.2, 0.25) is 0 Å². The first-order chi connectivity index (χ1) is 10.4. The van der Waals surface area contributed by atoms with Crippen molar-refractivity contribution in [3.8, 4) is 0 Å². The quantitative estimate of drug-likeness (QED) is 0.387. The van der Waals surface area contributed by atoms with E-state index in [-0.39, 0.29) is 11.9 Å². The Hall–Kier alpha value is -1.32. The molecule has 0 spiro atoms. The third kappa shape index (κ3) is 10.1. The van der Waals surface area contributed by atoms with E-state index in [0.717, 1.165) is 12.8 Å². The molecule has 0 aromatic heterocycles. The fourth-order valence-corrected chi connectivity index (χ4v) is 2.13. The van der Waals surface area contributed by atoms with Gasteiger partial charge in [-0.25, -0.2) is 0 Å². The lowest BCUT2D eigenvalue weighted by Crippen LogP contribution is -2.37. The van der Waals surface area contributed by atoms with Crippen LogP contribution in [0, 0.1) is 11.8 Å². The minimum Gasteiger partial charge on any atom is -0.460 e. The first kappa shape index (κ1) is 21.7. The average Bonchev–Trinajstić information content (AvgIpc) is 2.33. The topological polar surface area (TPSA) is 52.6 Å². The summed E-state index contributed by atoms with van der Waals surface area (Å²) in [7, 11) is 0. The van der Waals surface area contributed by atoms with Crippen LogP contribution in [0.3, 0.4) is 0 Å². The van der Waals surface area contributed by atoms with Gasteiger partial charge in [0, 0.05) is 0 Å². The van der Waals surface area contributed by atoms with Crippen LogP contribution < -0.4 is 0 Å². The molecule has 0 N–H and O–H groups in total. The van der Waals surface area contributed by atoms with Gasteiger partial charge in [-0.3, -0.25) is 9.59 Å². The highest BCUT2D eigenvalue weighted by atomic mass is 16.6. The predicted octanol–water partition coefficient (Wildman–Crippen LogP) is 4.67. The summed E-state index contributed by atoms with van der Waals surface area (Å²) in [5.74, 6) is -1.67. The lowest BCUT2D eigenvalue weighted by molar-refractivity contribution is -0.172. The van der Waals surface area contributed by atoms with Gasteiger partial charge in [0.15, 0.2) is 0 Å². The zero-order chi connectivity index (χ0) is 18.3. The van der Waals surface area contributed by atoms with E-state index < -0.39 is 23.0 Å². The van der Waals surface area contributed by atoms with E-state index in [1.54, 1.807) is 6.92 Å². The van der Waals surface area contributed by atoms with E-state index in [1.165, 1.54) is 0 Å². The highest BCUT2D eigenvalue weighted by molar-refractivity contribution is 5.82. The molecule has 0 fully saturated rings. The van der Waals surface area contributed by atoms with Gasteiger partial charge in [-0.15, -0.1) is 0 Å². The first-order valence-corrected chi connectivity index (χ1v) is 8.44. The number of hydrogen-bond donors (Lipinski definition) is 0. The number of hydrogen-bond acceptors (Lipinski definition) is 4. The summed E-state index contributed by atoms with van der Waals surface area (Å²) in [4.78, 5) is 24.8. The van der Waals surface area contributed by atoms with Crippen molar-refractivity contribution in [3.63, 3.8) is 0 Å². The second-order valence-electron chi connectivity index (χ2n) is 7.96. The number of ether oxygens (including phenoxy) is 2. The second kappa shape index (κ2) is 9.09. The van der Waals surface area contributed by atoms with Crippen LogP contribution >= 0.6 is 0 Å². The molecule has 4 heteroatoms. The summed E-state index contributed by atoms with van der Waals surface area (Å²) >= 11 is 0. The molecule has 0 aromatic carbocycles. The lowest BCUT2D eigenvalue weighted by atomic mass is 9.88. The van der Waals surface area contributed by atoms with Gasteiger partial charge in [0.05, 0.1) is 11.8 Å². The van der Waals surface area contributed by atoms with E-state index >= 15 is 0 Å². The number of unbranched alkanes of at least 4 members (excludes halogenated alkanes) is 1. The number of rotatable bonds is 7. The summed E-state index contributed by atoms with van der Waals surface area (Å²) in [5, 5.41) is 0. The number of carbonyl (C=O) groups is 2. The predicted molar refractivity (Wildman–Crippen MR) is 93.0 cm³/mol. The molecule has 0 rings (SSSR count). The summed E-state index contributed by atoms with van der Waals surface area (Å²) in [6.07, 6.45) is 6.38. The molecule has 0 saturated carbocycles. The smallest absolute Gasteiger partial charge is 0.310 e. The van der Waals surface area contributed by atoms with Crippen LogP contribution in [-0.2, 0) is 19.1 Å². The molecule has 0 bridgehead atoms. The molecular weight excluding hydrogens is 292 g/mol. The summed E-state index contributed by atoms with van der Waals surface area (Å²) in [5.41, 5.74) is -1.12. The van der Waals surface area contributed by atoms with Crippen molar-refractivity contribution in [2.24, 2.45) is 11.8 Å². The van der Waals surface area contributed by atoms with E-state index in [4.69, 9.17) is 9.47 Å². The Bertz CT molecular complexity index is 410. The standard InChI is InChI=1S/C19H34O4/c1-9-10-11-12-13-15(17(21)23-19(6,7)8)14(2)16(20)22-18(3,4)5/h9-10,14-15H,11-13H2,1-8H3. The Morgan fingerprint density at radius 3 is 1.87 bits per heavy atom. The third-order valence-electron chi connectivity index (χ3n) is 3.21. The highest BCUT2D eigenvalue weighted by Gasteiger charge is 2.35. The molecule has 23 heavy (non-hydrogen) atoms. The molecule has 2 atom stereocenters. The molecular formula is C19H34O4. The fraction of sp³-hybridized carbons (Fsp3) is 0.789. The van der Waals surface area contributed by atoms with Crippen LogP contribution in [0.1, 0.15) is 74.7 Å². The Kier molecular flexibility index (Phi) is 8.57. The minimum absolute atomic E-state index is 0.323. The van der Waals surface area contributed by atoms with E-state index in [9.17, 15) is 9.59 Å². The van der Waals surface area contributed by atoms with Crippen molar-refractivity contribution in [1.29, 1.82) is 0 Å². The van der Waals surface area contributed by atoms with E-state index in [1.807, 2.05) is 54.5 Å². The largest absolute Gasteiger partial charge is 0.460 e. The highest BCUT2D eigenvalue weighted by Crippen LogP contribution is 2.26. The van der Waals surface area contributed by atoms with Gasteiger partial charge in [0.2, 0.25) is 0 Å². The molecule has 0 aliphatic carbocycles. The molecule has 0 heterocycles. The van der Waals surface area contributed by atoms with Crippen molar-refractivity contribution < 1.29 is 19.1 Å². The van der Waals surface area contributed by atoms with Crippen molar-refractivity contribution in [2.75, 3.05) is 0 Å². The van der Waals surface area contributed by atoms with Crippen molar-refractivity contribution >= 4 is 11.9 Å². The normalized spacial score (nSPS) is 15.3. The zero-order valence-corrected chi connectivity index (χ0v) is 16.1. The Morgan fingerprint density at radius 2 is 1.43 bits per heavy atom. The monoisotopic (exact) mass is 326 g/mol. The van der Waals surface area contributed by atoms with Crippen LogP contribution in [-0.4, -0.2) is 23.1 Å². The SMILES string of the molecule is CC=CCCCC(C(=O)OC(C)(C)C)C(C)C(=O)OC(C)(C)C. The van der Waals surface area contributed by atoms with Gasteiger partial charge in [-0.2, -0.15) is 0 Å². The number of carbonyl (C=O) groups excluding carboxylic acids is 2. The van der Waals surface area contributed by atoms with Crippen LogP contribution in [0.5, 0.6) is 0 Å². The molecule has 0 aliphatic heterocycles. The number of esters is 2. The number of allylic oxidation sites excluding steroid dienone is 2. The van der Waals surface area contributed by atoms with Crippen molar-refractivity contribution in [1.82, 2.24) is 0 Å². The van der Waals surface area contributed by atoms with E-state index in [0.29, 0.717) is 6.42 Å². The maximum Gasteiger partial charge on any atom is 0.310 e. The molecule has 0 saturated heterocycles. The molecule has 0 aromatic rings. The van der Waals surface area contributed by atoms with E-state index in [2.05, 4.69) is 6.08 Å². The molecule has 0 amide bonds. The second-order valence-corrected chi connectivity index (χ2v) is 7.96. The minimum atomic E-state index is -0.563. The molecule has 4 nitrogen and oxygen atoms in total. The molecule has 0 aliphatic rings. The maximum atomic E-state index is 12.5. The van der Waals surface area contributed by atoms with Crippen LogP contribution in [0.4, 0.5) is 0 Å². The average molecular weight is 326 g/mol. The van der Waals surface area contributed by atoms with Gasteiger partial charge < -0.3 is 9.47 Å². The van der Waals surface area contributed by atoms with Gasteiger partial charge >= 0.3 is 11.9 Å². The Balaban J connectivity index is 5.01. The fourth-order valence-electron chi connectivity index (χ4n) is 2.13. The first-order valence-electron chi connectivity index (χ1n) is 8.44. The van der Waals surface area contributed by atoms with Gasteiger partial charge in [0.25, 0.3) is 0 Å². The van der Waals surface area contributed by atoms with Crippen LogP contribution in [0.25, 0.3) is 0 Å². The van der Waals surface area contributed by atoms with Crippen LogP contribution in [0.15, 0.2) is 12.2 Å². The zero-order valence-electron chi connectivity index (χ0n) is 16.1. The Labute approximate surface area is 141 Å². The molecule has 0 radical (unpaired) electrons. The van der Waals surface area contributed by atoms with Gasteiger partial charge in [0.1, 0.15) is 11.2 Å². The Morgan fingerprint density at radius 1 is 0.957 bits per heavy atom. The summed E-state index contributed by atoms with van der Waals surface area (Å²) in [6, 6.07) is 0. The summed E-state index contributed by atoms with van der Waals surface area (Å²) < 4.78 is 10.9. The molecule has 134 valence electrons. The third-order valence-corrected chi connectivity index (χ3v) is 3.21. The van der Waals surface area contributed by atoms with Crippen molar-refractivity contribution in [2.45, 2.75) is 85.9 Å². The van der Waals surface area contributed by atoms with Gasteiger partial charge in [-0.1, -0.05) is 19.1 Å². The lowest BCUT2D eigenvalue weighted by Gasteiger charge is -2.28. The van der Waals surface area contributed by atoms with Gasteiger partial charge in [-0.05, 0) is 67.7 Å². The molecule has 2 unspecified atom stereocenters. The van der Waals surface area contributed by atoms with Crippen molar-refractivity contribution in [3.05, 3.63) is 12.2 Å². The summed E-state index contributed by atoms with van der Waals surface area (Å²) in [6.45, 7) is 14.7. The maximum absolute atomic E-state index is 12.5.